The molecular weight excluding hydrogens is 941 g/mol. The molecule has 0 aliphatic carbocycles. The van der Waals surface area contributed by atoms with Gasteiger partial charge in [-0.3, -0.25) is 30.4 Å². The maximum Gasteiger partial charge on any atom is 0.351 e. The summed E-state index contributed by atoms with van der Waals surface area (Å²) in [5, 5.41) is 34.6. The molecule has 0 bridgehead atoms. The number of sulfonamides is 2. The van der Waals surface area contributed by atoms with Gasteiger partial charge in [0.2, 0.25) is 10.0 Å². The van der Waals surface area contributed by atoms with E-state index >= 15 is 0 Å². The number of nitro benzene ring substituents is 1. The number of unbranched alkanes of at least 4 members (excludes halogenated alkanes) is 9. The zero-order chi connectivity index (χ0) is 50.1. The molecule has 0 spiro atoms. The van der Waals surface area contributed by atoms with Crippen LogP contribution in [-0.2, 0) is 20.0 Å². The number of aromatic hydroxyl groups is 1. The fraction of sp³-hybridized carbons (Fsp3) is 0.356. The fourth-order valence-electron chi connectivity index (χ4n) is 6.89. The Morgan fingerprint density at radius 2 is 1.45 bits per heavy atom. The van der Waals surface area contributed by atoms with Gasteiger partial charge in [0.05, 0.1) is 63.3 Å². The van der Waals surface area contributed by atoms with Crippen molar-refractivity contribution in [3.8, 4) is 28.9 Å². The van der Waals surface area contributed by atoms with Crippen molar-refractivity contribution < 1.29 is 55.8 Å². The molecule has 372 valence electrons. The molecule has 0 unspecified atom stereocenters. The average molecular weight is 997 g/mol. The van der Waals surface area contributed by atoms with Crippen LogP contribution >= 0.6 is 0 Å². The molecule has 4 aromatic carbocycles. The minimum absolute atomic E-state index is 0.0208. The fourth-order valence-corrected chi connectivity index (χ4v) is 8.54. The van der Waals surface area contributed by atoms with Crippen LogP contribution in [0.1, 0.15) is 88.4 Å². The second-order valence-corrected chi connectivity index (χ2v) is 19.0. The summed E-state index contributed by atoms with van der Waals surface area (Å²) >= 11 is 0. The van der Waals surface area contributed by atoms with Crippen molar-refractivity contribution in [2.75, 3.05) is 46.4 Å². The van der Waals surface area contributed by atoms with Gasteiger partial charge < -0.3 is 29.7 Å². The number of benzene rings is 4. The quantitative estimate of drug-likeness (QED) is 0.0109. The Morgan fingerprint density at radius 1 is 0.768 bits per heavy atom. The van der Waals surface area contributed by atoms with Crippen LogP contribution in [0.2, 0.25) is 0 Å². The molecule has 24 heteroatoms. The van der Waals surface area contributed by atoms with Gasteiger partial charge in [-0.15, -0.1) is 0 Å². The monoisotopic (exact) mass is 996 g/mol. The molecule has 5 aromatic rings. The smallest absolute Gasteiger partial charge is 0.351 e. The van der Waals surface area contributed by atoms with Gasteiger partial charge in [-0.2, -0.15) is 4.57 Å². The lowest BCUT2D eigenvalue weighted by molar-refractivity contribution is -0.384. The predicted molar refractivity (Wildman–Crippen MR) is 259 cm³/mol. The van der Waals surface area contributed by atoms with E-state index in [0.717, 1.165) is 48.3 Å². The summed E-state index contributed by atoms with van der Waals surface area (Å²) in [5.41, 5.74) is 3.11. The largest absolute Gasteiger partial charge is 0.491 e. The number of aromatic nitrogens is 2. The van der Waals surface area contributed by atoms with E-state index in [1.54, 1.807) is 13.0 Å². The molecule has 0 radical (unpaired) electrons. The number of nitro groups is 1. The normalized spacial score (nSPS) is 11.3. The molecule has 22 nitrogen and oxygen atoms in total. The molecule has 0 fully saturated rings. The van der Waals surface area contributed by atoms with Crippen LogP contribution in [0.4, 0.5) is 33.2 Å². The SMILES string of the molecule is CCCCCCCCCCCCOc1ccc(C(=O)O)cc1NCOc1cccc(S(=O)(=O)Nc2ccc(NNC(=O)n3c(O)c(OCC)n(-c4ccc([N+](=O)[O-])cc4)c3=O)c(NS(C)(=O)=O)c2)c1. The van der Waals surface area contributed by atoms with Gasteiger partial charge in [0.1, 0.15) is 11.5 Å². The Morgan fingerprint density at radius 3 is 2.09 bits per heavy atom. The van der Waals surface area contributed by atoms with Crippen molar-refractivity contribution in [2.24, 2.45) is 0 Å². The van der Waals surface area contributed by atoms with Gasteiger partial charge in [0.25, 0.3) is 27.5 Å². The highest BCUT2D eigenvalue weighted by atomic mass is 32.2. The molecule has 0 saturated heterocycles. The van der Waals surface area contributed by atoms with Gasteiger partial charge in [-0.1, -0.05) is 70.8 Å². The highest BCUT2D eigenvalue weighted by Crippen LogP contribution is 2.31. The van der Waals surface area contributed by atoms with Crippen molar-refractivity contribution in [2.45, 2.75) is 83.0 Å². The summed E-state index contributed by atoms with van der Waals surface area (Å²) in [5.74, 6) is -1.96. The number of non-ortho nitro benzene ring substituents is 1. The molecule has 0 saturated carbocycles. The van der Waals surface area contributed by atoms with Crippen LogP contribution in [0.5, 0.6) is 23.3 Å². The standard InChI is InChI=1S/C45H56N8O14S2/c1-4-6-7-8-9-10-11-12-13-14-26-66-40-25-18-31(43(55)56)27-39(40)46-30-67-35-16-15-17-36(29-35)69(63,64)49-32-19-24-37(38(28-32)50-68(3,61)62)47-48-44(57)52-41(54)42(65-5-2)51(45(52)58)33-20-22-34(23-21-33)53(59)60/h15-25,27-29,46-47,49-50,54H,4-14,26,30H2,1-3H3,(H,48,57)(H,55,56). The molecule has 7 N–H and O–H groups in total. The van der Waals surface area contributed by atoms with Gasteiger partial charge >= 0.3 is 17.7 Å². The number of amides is 1. The Hall–Kier alpha value is -7.47. The van der Waals surface area contributed by atoms with E-state index in [1.165, 1.54) is 106 Å². The second-order valence-electron chi connectivity index (χ2n) is 15.6. The zero-order valence-corrected chi connectivity index (χ0v) is 39.9. The Bertz CT molecular complexity index is 2870. The molecule has 69 heavy (non-hydrogen) atoms. The van der Waals surface area contributed by atoms with Crippen LogP contribution in [0.25, 0.3) is 5.69 Å². The Labute approximate surface area is 398 Å². The van der Waals surface area contributed by atoms with E-state index in [0.29, 0.717) is 22.6 Å². The van der Waals surface area contributed by atoms with Crippen LogP contribution in [0.15, 0.2) is 94.6 Å². The number of nitrogens with zero attached hydrogens (tertiary/aromatic N) is 3. The van der Waals surface area contributed by atoms with Crippen LogP contribution in [0.3, 0.4) is 0 Å². The summed E-state index contributed by atoms with van der Waals surface area (Å²) in [7, 11) is -8.38. The third-order valence-corrected chi connectivity index (χ3v) is 12.2. The minimum atomic E-state index is -4.36. The van der Waals surface area contributed by atoms with Gasteiger partial charge in [0, 0.05) is 18.2 Å². The summed E-state index contributed by atoms with van der Waals surface area (Å²) in [4.78, 5) is 48.8. The van der Waals surface area contributed by atoms with Gasteiger partial charge in [0.15, 0.2) is 6.73 Å². The van der Waals surface area contributed by atoms with Gasteiger partial charge in [-0.05, 0) is 74.0 Å². The lowest BCUT2D eigenvalue weighted by Crippen LogP contribution is -2.39. The van der Waals surface area contributed by atoms with Crippen molar-refractivity contribution in [3.63, 3.8) is 0 Å². The molecular formula is C45H56N8O14S2. The first-order chi connectivity index (χ1) is 32.9. The number of nitrogens with one attached hydrogen (secondary N) is 5. The van der Waals surface area contributed by atoms with E-state index in [-0.39, 0.29) is 58.0 Å². The first-order valence-corrected chi connectivity index (χ1v) is 25.4. The van der Waals surface area contributed by atoms with Crippen LogP contribution < -0.4 is 45.5 Å². The highest BCUT2D eigenvalue weighted by Gasteiger charge is 2.27. The van der Waals surface area contributed by atoms with Crippen molar-refractivity contribution in [3.05, 3.63) is 111 Å². The summed E-state index contributed by atoms with van der Waals surface area (Å²) in [6, 6.07) is 16.8. The third-order valence-electron chi connectivity index (χ3n) is 10.3. The number of anilines is 4. The summed E-state index contributed by atoms with van der Waals surface area (Å²) in [6.45, 7) is 3.93. The number of aromatic carboxylic acids is 1. The summed E-state index contributed by atoms with van der Waals surface area (Å²) in [6.07, 6.45) is 12.5. The highest BCUT2D eigenvalue weighted by molar-refractivity contribution is 7.92. The number of hydrogen-bond donors (Lipinski definition) is 7. The van der Waals surface area contributed by atoms with Crippen molar-refractivity contribution in [1.82, 2.24) is 14.6 Å². The van der Waals surface area contributed by atoms with E-state index in [9.17, 15) is 51.5 Å². The minimum Gasteiger partial charge on any atom is -0.491 e. The van der Waals surface area contributed by atoms with Gasteiger partial charge in [-0.25, -0.2) is 35.8 Å². The number of carboxylic acids is 1. The van der Waals surface area contributed by atoms with E-state index in [2.05, 4.69) is 32.5 Å². The van der Waals surface area contributed by atoms with E-state index in [4.69, 9.17) is 14.2 Å². The number of carboxylic acid groups (broad SMARTS) is 1. The molecule has 0 aliphatic heterocycles. The number of imidazole rings is 1. The number of hydrazine groups is 1. The van der Waals surface area contributed by atoms with E-state index in [1.807, 2.05) is 0 Å². The maximum atomic E-state index is 13.6. The molecule has 1 amide bonds. The molecule has 5 rings (SSSR count). The van der Waals surface area contributed by atoms with Crippen LogP contribution in [0, 0.1) is 10.1 Å². The number of rotatable bonds is 28. The number of hydrogen-bond acceptors (Lipinski definition) is 15. The first kappa shape index (κ1) is 52.5. The molecule has 0 atom stereocenters. The lowest BCUT2D eigenvalue weighted by atomic mass is 10.1. The van der Waals surface area contributed by atoms with Crippen molar-refractivity contribution >= 4 is 60.5 Å². The number of ether oxygens (including phenoxy) is 3. The average Bonchev–Trinajstić information content (AvgIpc) is 3.55. The number of carbonyl (C=O) groups is 2. The Kier molecular flexibility index (Phi) is 18.7. The molecule has 1 heterocycles. The zero-order valence-electron chi connectivity index (χ0n) is 38.2. The van der Waals surface area contributed by atoms with Crippen LogP contribution in [-0.4, -0.2) is 79.3 Å². The molecule has 1 aromatic heterocycles. The first-order valence-electron chi connectivity index (χ1n) is 22.0. The third kappa shape index (κ3) is 15.0. The Balaban J connectivity index is 1.23. The second kappa shape index (κ2) is 24.5. The maximum absolute atomic E-state index is 13.6. The predicted octanol–water partition coefficient (Wildman–Crippen LogP) is 7.85. The lowest BCUT2D eigenvalue weighted by Gasteiger charge is -2.16. The van der Waals surface area contributed by atoms with E-state index < -0.39 is 54.4 Å². The molecule has 0 aliphatic rings. The summed E-state index contributed by atoms with van der Waals surface area (Å²) < 4.78 is 74.9. The van der Waals surface area contributed by atoms with Crippen molar-refractivity contribution in [1.29, 1.82) is 0 Å². The topological polar surface area (TPSA) is 301 Å². The number of carbonyl (C=O) groups excluding carboxylic acids is 1.